The molecule has 8 heteroatoms. The molecular formula is C12H14BrN3O3S. The number of sulfonamides is 1. The molecule has 0 aliphatic rings. The predicted octanol–water partition coefficient (Wildman–Crippen LogP) is 1.70. The van der Waals surface area contributed by atoms with Crippen LogP contribution in [0.4, 0.5) is 0 Å². The first-order valence-electron chi connectivity index (χ1n) is 5.85. The second-order valence-corrected chi connectivity index (χ2v) is 6.85. The minimum Gasteiger partial charge on any atom is -0.392 e. The van der Waals surface area contributed by atoms with Gasteiger partial charge >= 0.3 is 0 Å². The third-order valence-electron chi connectivity index (χ3n) is 2.80. The summed E-state index contributed by atoms with van der Waals surface area (Å²) in [5, 5.41) is 15.0. The lowest BCUT2D eigenvalue weighted by molar-refractivity contribution is 0.278. The molecule has 0 aliphatic heterocycles. The Bertz CT molecular complexity index is 699. The van der Waals surface area contributed by atoms with Gasteiger partial charge in [0.1, 0.15) is 0 Å². The Kier molecular flexibility index (Phi) is 4.59. The molecule has 20 heavy (non-hydrogen) atoms. The van der Waals surface area contributed by atoms with Gasteiger partial charge in [-0.25, -0.2) is 13.1 Å². The van der Waals surface area contributed by atoms with E-state index in [1.165, 1.54) is 6.20 Å². The number of hydrogen-bond acceptors (Lipinski definition) is 4. The minimum absolute atomic E-state index is 0.109. The van der Waals surface area contributed by atoms with Crippen LogP contribution in [0.3, 0.4) is 0 Å². The number of benzene rings is 1. The molecule has 3 N–H and O–H groups in total. The molecule has 1 heterocycles. The van der Waals surface area contributed by atoms with Crippen LogP contribution in [0.25, 0.3) is 0 Å². The summed E-state index contributed by atoms with van der Waals surface area (Å²) in [6.07, 6.45) is 1.29. The van der Waals surface area contributed by atoms with Crippen LogP contribution < -0.4 is 4.72 Å². The lowest BCUT2D eigenvalue weighted by Gasteiger charge is -2.14. The van der Waals surface area contributed by atoms with Gasteiger partial charge < -0.3 is 5.11 Å². The van der Waals surface area contributed by atoms with Crippen molar-refractivity contribution in [3.8, 4) is 0 Å². The zero-order valence-corrected chi connectivity index (χ0v) is 13.1. The Balaban J connectivity index is 2.24. The standard InChI is InChI=1S/C12H14BrN3O3S/c1-8(9-3-2-4-11(13)5-9)16-20(18,19)12-10(7-17)6-14-15-12/h2-6,8,16-17H,7H2,1H3,(H,14,15). The molecule has 1 aromatic carbocycles. The Hall–Kier alpha value is -1.22. The van der Waals surface area contributed by atoms with E-state index in [-0.39, 0.29) is 10.6 Å². The van der Waals surface area contributed by atoms with Gasteiger partial charge in [-0.05, 0) is 24.6 Å². The van der Waals surface area contributed by atoms with Crippen molar-refractivity contribution in [2.24, 2.45) is 0 Å². The fraction of sp³-hybridized carbons (Fsp3) is 0.250. The van der Waals surface area contributed by atoms with E-state index in [9.17, 15) is 8.42 Å². The second kappa shape index (κ2) is 6.04. The van der Waals surface area contributed by atoms with Gasteiger partial charge in [0.15, 0.2) is 5.03 Å². The van der Waals surface area contributed by atoms with Crippen molar-refractivity contribution in [2.75, 3.05) is 0 Å². The SMILES string of the molecule is CC(NS(=O)(=O)c1[nH]ncc1CO)c1cccc(Br)c1. The molecule has 0 amide bonds. The molecule has 1 unspecified atom stereocenters. The predicted molar refractivity (Wildman–Crippen MR) is 77.4 cm³/mol. The lowest BCUT2D eigenvalue weighted by atomic mass is 10.1. The maximum absolute atomic E-state index is 12.2. The second-order valence-electron chi connectivity index (χ2n) is 4.28. The number of nitrogens with one attached hydrogen (secondary N) is 2. The van der Waals surface area contributed by atoms with Crippen molar-refractivity contribution >= 4 is 26.0 Å². The summed E-state index contributed by atoms with van der Waals surface area (Å²) in [5.41, 5.74) is 1.06. The van der Waals surface area contributed by atoms with Gasteiger partial charge in [0.2, 0.25) is 0 Å². The number of aromatic amines is 1. The van der Waals surface area contributed by atoms with Gasteiger partial charge in [-0.1, -0.05) is 28.1 Å². The number of rotatable bonds is 5. The maximum atomic E-state index is 12.2. The van der Waals surface area contributed by atoms with Crippen LogP contribution in [0.15, 0.2) is 40.0 Å². The van der Waals surface area contributed by atoms with Gasteiger partial charge in [-0.3, -0.25) is 5.10 Å². The first-order valence-corrected chi connectivity index (χ1v) is 8.12. The molecule has 1 atom stereocenters. The highest BCUT2D eigenvalue weighted by Gasteiger charge is 2.23. The molecule has 0 aliphatic carbocycles. The smallest absolute Gasteiger partial charge is 0.258 e. The average Bonchev–Trinajstić information content (AvgIpc) is 2.87. The normalized spacial score (nSPS) is 13.3. The van der Waals surface area contributed by atoms with Crippen molar-refractivity contribution in [1.82, 2.24) is 14.9 Å². The zero-order chi connectivity index (χ0) is 14.8. The highest BCUT2D eigenvalue weighted by Crippen LogP contribution is 2.20. The first kappa shape index (κ1) is 15.2. The van der Waals surface area contributed by atoms with E-state index in [4.69, 9.17) is 5.11 Å². The number of aliphatic hydroxyl groups is 1. The van der Waals surface area contributed by atoms with Gasteiger partial charge in [0, 0.05) is 16.1 Å². The molecule has 0 fully saturated rings. The number of halogens is 1. The van der Waals surface area contributed by atoms with E-state index in [0.717, 1.165) is 10.0 Å². The Morgan fingerprint density at radius 2 is 2.25 bits per heavy atom. The van der Waals surface area contributed by atoms with E-state index in [2.05, 4.69) is 30.8 Å². The largest absolute Gasteiger partial charge is 0.392 e. The maximum Gasteiger partial charge on any atom is 0.258 e. The summed E-state index contributed by atoms with van der Waals surface area (Å²) >= 11 is 3.35. The van der Waals surface area contributed by atoms with E-state index in [0.29, 0.717) is 0 Å². The molecule has 108 valence electrons. The van der Waals surface area contributed by atoms with Crippen LogP contribution in [-0.4, -0.2) is 23.7 Å². The molecule has 6 nitrogen and oxygen atoms in total. The van der Waals surface area contributed by atoms with Gasteiger partial charge in [-0.2, -0.15) is 5.10 Å². The highest BCUT2D eigenvalue weighted by molar-refractivity contribution is 9.10. The monoisotopic (exact) mass is 359 g/mol. The van der Waals surface area contributed by atoms with Gasteiger partial charge in [-0.15, -0.1) is 0 Å². The van der Waals surface area contributed by atoms with Crippen LogP contribution in [0.5, 0.6) is 0 Å². The Morgan fingerprint density at radius 3 is 2.90 bits per heavy atom. The van der Waals surface area contributed by atoms with Crippen LogP contribution >= 0.6 is 15.9 Å². The summed E-state index contributed by atoms with van der Waals surface area (Å²) < 4.78 is 27.9. The topological polar surface area (TPSA) is 95.1 Å². The number of H-pyrrole nitrogens is 1. The summed E-state index contributed by atoms with van der Waals surface area (Å²) in [7, 11) is -3.76. The van der Waals surface area contributed by atoms with Crippen molar-refractivity contribution in [3.05, 3.63) is 46.1 Å². The van der Waals surface area contributed by atoms with E-state index in [1.54, 1.807) is 6.92 Å². The molecule has 2 aromatic rings. The quantitative estimate of drug-likeness (QED) is 0.757. The van der Waals surface area contributed by atoms with E-state index in [1.807, 2.05) is 24.3 Å². The molecule has 0 bridgehead atoms. The van der Waals surface area contributed by atoms with E-state index >= 15 is 0 Å². The molecule has 0 saturated carbocycles. The zero-order valence-electron chi connectivity index (χ0n) is 10.7. The lowest BCUT2D eigenvalue weighted by Crippen LogP contribution is -2.28. The summed E-state index contributed by atoms with van der Waals surface area (Å²) in [6.45, 7) is 1.35. The average molecular weight is 360 g/mol. The molecule has 0 radical (unpaired) electrons. The third kappa shape index (κ3) is 3.26. The molecule has 2 rings (SSSR count). The Labute approximate surface area is 125 Å². The molecule has 0 saturated heterocycles. The van der Waals surface area contributed by atoms with Crippen molar-refractivity contribution in [3.63, 3.8) is 0 Å². The summed E-state index contributed by atoms with van der Waals surface area (Å²) in [4.78, 5) is 0. The van der Waals surface area contributed by atoms with Crippen molar-refractivity contribution in [1.29, 1.82) is 0 Å². The molecular weight excluding hydrogens is 346 g/mol. The molecule has 1 aromatic heterocycles. The van der Waals surface area contributed by atoms with Crippen LogP contribution in [0.2, 0.25) is 0 Å². The minimum atomic E-state index is -3.76. The number of nitrogens with zero attached hydrogens (tertiary/aromatic N) is 1. The first-order chi connectivity index (χ1) is 9.44. The summed E-state index contributed by atoms with van der Waals surface area (Å²) in [6, 6.07) is 6.96. The van der Waals surface area contributed by atoms with Crippen molar-refractivity contribution < 1.29 is 13.5 Å². The van der Waals surface area contributed by atoms with E-state index < -0.39 is 22.7 Å². The van der Waals surface area contributed by atoms with Gasteiger partial charge in [0.05, 0.1) is 12.8 Å². The number of aliphatic hydroxyl groups excluding tert-OH is 1. The molecule has 0 spiro atoms. The highest BCUT2D eigenvalue weighted by atomic mass is 79.9. The van der Waals surface area contributed by atoms with Crippen LogP contribution in [-0.2, 0) is 16.6 Å². The number of aromatic nitrogens is 2. The van der Waals surface area contributed by atoms with Crippen molar-refractivity contribution in [2.45, 2.75) is 24.6 Å². The van der Waals surface area contributed by atoms with Gasteiger partial charge in [0.25, 0.3) is 10.0 Å². The Morgan fingerprint density at radius 1 is 1.50 bits per heavy atom. The van der Waals surface area contributed by atoms with Crippen LogP contribution in [0.1, 0.15) is 24.1 Å². The summed E-state index contributed by atoms with van der Waals surface area (Å²) in [5.74, 6) is 0. The van der Waals surface area contributed by atoms with Crippen LogP contribution in [0, 0.1) is 0 Å². The number of hydrogen-bond donors (Lipinski definition) is 3. The third-order valence-corrected chi connectivity index (χ3v) is 4.85. The fourth-order valence-electron chi connectivity index (χ4n) is 1.78. The fourth-order valence-corrected chi connectivity index (χ4v) is 3.55.